The van der Waals surface area contributed by atoms with E-state index in [1.165, 1.54) is 0 Å². The van der Waals surface area contributed by atoms with E-state index in [0.29, 0.717) is 16.9 Å². The Bertz CT molecular complexity index is 1180. The number of hydrogen-bond acceptors (Lipinski definition) is 11. The van der Waals surface area contributed by atoms with Crippen molar-refractivity contribution in [2.45, 2.75) is 103 Å². The van der Waals surface area contributed by atoms with Crippen molar-refractivity contribution >= 4 is 28.8 Å². The van der Waals surface area contributed by atoms with Crippen molar-refractivity contribution in [3.8, 4) is 0 Å². The van der Waals surface area contributed by atoms with Crippen molar-refractivity contribution in [2.75, 3.05) is 11.9 Å². The summed E-state index contributed by atoms with van der Waals surface area (Å²) in [5, 5.41) is 11.9. The van der Waals surface area contributed by atoms with Gasteiger partial charge >= 0.3 is 11.9 Å². The third-order valence-corrected chi connectivity index (χ3v) is 7.17. The lowest BCUT2D eigenvalue weighted by Gasteiger charge is -2.25. The standard InChI is InChI=1S/C26H37N5O7/c1-13(2)24(32)34-11-18-20-21(38-26(5,6)37-20)23(35-18)31-12-27-19-16(31)10-28-30-22(19)29-15-8-7-9-17(15)36-25(33)14(3)4/h10,12-15,17-18,20-21,23H,7-9,11H2,1-6H3,(H,29,30)/t15-,17-,18?,20+,21+,23?/m0/s1. The Morgan fingerprint density at radius 3 is 2.61 bits per heavy atom. The molecular formula is C26H37N5O7. The number of fused-ring (bicyclic) bond motifs is 2. The molecule has 1 saturated carbocycles. The van der Waals surface area contributed by atoms with E-state index in [2.05, 4.69) is 20.5 Å². The zero-order valence-corrected chi connectivity index (χ0v) is 22.7. The average molecular weight is 532 g/mol. The molecule has 1 aliphatic carbocycles. The van der Waals surface area contributed by atoms with Gasteiger partial charge in [0.25, 0.3) is 0 Å². The molecule has 2 aromatic rings. The van der Waals surface area contributed by atoms with Gasteiger partial charge in [0.15, 0.2) is 17.8 Å². The molecule has 2 aromatic heterocycles. The molecular weight excluding hydrogens is 494 g/mol. The molecule has 5 rings (SSSR count). The van der Waals surface area contributed by atoms with Crippen molar-refractivity contribution in [1.29, 1.82) is 0 Å². The minimum absolute atomic E-state index is 0.0610. The van der Waals surface area contributed by atoms with E-state index in [9.17, 15) is 9.59 Å². The maximum atomic E-state index is 12.2. The molecule has 0 radical (unpaired) electrons. The second-order valence-corrected chi connectivity index (χ2v) is 11.3. The Hall–Kier alpha value is -2.83. The van der Waals surface area contributed by atoms with Crippen molar-refractivity contribution in [1.82, 2.24) is 19.7 Å². The van der Waals surface area contributed by atoms with Gasteiger partial charge in [-0.2, -0.15) is 5.10 Å². The van der Waals surface area contributed by atoms with Gasteiger partial charge in [-0.15, -0.1) is 5.10 Å². The first-order chi connectivity index (χ1) is 18.0. The Kier molecular flexibility index (Phi) is 7.31. The maximum Gasteiger partial charge on any atom is 0.308 e. The number of imidazole rings is 1. The predicted octanol–water partition coefficient (Wildman–Crippen LogP) is 2.98. The summed E-state index contributed by atoms with van der Waals surface area (Å²) in [7, 11) is 0. The summed E-state index contributed by atoms with van der Waals surface area (Å²) in [6.45, 7) is 11.0. The van der Waals surface area contributed by atoms with Crippen LogP contribution in [0.15, 0.2) is 12.5 Å². The Balaban J connectivity index is 1.37. The van der Waals surface area contributed by atoms with Crippen molar-refractivity contribution in [3.63, 3.8) is 0 Å². The molecule has 6 atom stereocenters. The molecule has 3 aliphatic rings. The van der Waals surface area contributed by atoms with Crippen LogP contribution in [-0.4, -0.2) is 74.5 Å². The fourth-order valence-corrected chi connectivity index (χ4v) is 5.21. The van der Waals surface area contributed by atoms with Crippen molar-refractivity contribution in [2.24, 2.45) is 11.8 Å². The number of esters is 2. The summed E-state index contributed by atoms with van der Waals surface area (Å²) < 4.78 is 31.7. The molecule has 3 fully saturated rings. The molecule has 12 nitrogen and oxygen atoms in total. The third-order valence-electron chi connectivity index (χ3n) is 7.17. The van der Waals surface area contributed by atoms with Gasteiger partial charge in [-0.25, -0.2) is 4.98 Å². The number of nitrogens with one attached hydrogen (secondary N) is 1. The molecule has 0 aromatic carbocycles. The molecule has 2 unspecified atom stereocenters. The molecule has 2 saturated heterocycles. The molecule has 0 amide bonds. The highest BCUT2D eigenvalue weighted by atomic mass is 16.8. The molecule has 12 heteroatoms. The summed E-state index contributed by atoms with van der Waals surface area (Å²) in [5.41, 5.74) is 1.32. The lowest BCUT2D eigenvalue weighted by molar-refractivity contribution is -0.202. The molecule has 38 heavy (non-hydrogen) atoms. The van der Waals surface area contributed by atoms with E-state index in [4.69, 9.17) is 23.7 Å². The first kappa shape index (κ1) is 26.8. The smallest absolute Gasteiger partial charge is 0.308 e. The van der Waals surface area contributed by atoms with Crippen LogP contribution in [0.25, 0.3) is 11.0 Å². The first-order valence-corrected chi connectivity index (χ1v) is 13.4. The van der Waals surface area contributed by atoms with Gasteiger partial charge in [0, 0.05) is 0 Å². The fourth-order valence-electron chi connectivity index (χ4n) is 5.21. The van der Waals surface area contributed by atoms with Crippen LogP contribution in [-0.2, 0) is 33.3 Å². The average Bonchev–Trinajstić information content (AvgIpc) is 3.61. The molecule has 0 bridgehead atoms. The number of nitrogens with zero attached hydrogens (tertiary/aromatic N) is 4. The summed E-state index contributed by atoms with van der Waals surface area (Å²) in [5.74, 6) is -1.23. The maximum absolute atomic E-state index is 12.2. The van der Waals surface area contributed by atoms with Crippen LogP contribution in [0.3, 0.4) is 0 Å². The van der Waals surface area contributed by atoms with Crippen LogP contribution in [0.1, 0.15) is 67.0 Å². The van der Waals surface area contributed by atoms with Gasteiger partial charge in [0.05, 0.1) is 35.9 Å². The molecule has 1 N–H and O–H groups in total. The first-order valence-electron chi connectivity index (χ1n) is 13.4. The number of aromatic nitrogens is 4. The number of anilines is 1. The Morgan fingerprint density at radius 1 is 1.13 bits per heavy atom. The van der Waals surface area contributed by atoms with Crippen LogP contribution in [0, 0.1) is 11.8 Å². The van der Waals surface area contributed by atoms with E-state index in [0.717, 1.165) is 19.3 Å². The number of ether oxygens (including phenoxy) is 5. The number of rotatable bonds is 8. The lowest BCUT2D eigenvalue weighted by Crippen LogP contribution is -2.34. The van der Waals surface area contributed by atoms with E-state index >= 15 is 0 Å². The van der Waals surface area contributed by atoms with Gasteiger partial charge < -0.3 is 29.0 Å². The third kappa shape index (κ3) is 5.21. The van der Waals surface area contributed by atoms with Crippen LogP contribution < -0.4 is 5.32 Å². The topological polar surface area (TPSA) is 136 Å². The highest BCUT2D eigenvalue weighted by molar-refractivity contribution is 5.85. The van der Waals surface area contributed by atoms with Crippen LogP contribution >= 0.6 is 0 Å². The highest BCUT2D eigenvalue weighted by Crippen LogP contribution is 2.44. The Morgan fingerprint density at radius 2 is 1.87 bits per heavy atom. The van der Waals surface area contributed by atoms with Crippen LogP contribution in [0.5, 0.6) is 0 Å². The van der Waals surface area contributed by atoms with E-state index in [1.54, 1.807) is 26.4 Å². The second-order valence-electron chi connectivity index (χ2n) is 11.3. The summed E-state index contributed by atoms with van der Waals surface area (Å²) in [6, 6.07) is -0.0813. The highest BCUT2D eigenvalue weighted by Gasteiger charge is 2.56. The van der Waals surface area contributed by atoms with E-state index < -0.39 is 30.3 Å². The SMILES string of the molecule is CC(C)C(=O)OCC1OC(n2cnc3c(N[C@H]4CCC[C@@H]4OC(=O)C(C)C)nncc32)[C@@H]2OC(C)(C)O[C@H]12. The summed E-state index contributed by atoms with van der Waals surface area (Å²) >= 11 is 0. The zero-order chi connectivity index (χ0) is 27.2. The van der Waals surface area contributed by atoms with Gasteiger partial charge in [0.2, 0.25) is 0 Å². The minimum atomic E-state index is -0.814. The van der Waals surface area contributed by atoms with Crippen molar-refractivity contribution < 1.29 is 33.3 Å². The fraction of sp³-hybridized carbons (Fsp3) is 0.731. The van der Waals surface area contributed by atoms with Crippen molar-refractivity contribution in [3.05, 3.63) is 12.5 Å². The molecule has 0 spiro atoms. The van der Waals surface area contributed by atoms with Gasteiger partial charge in [-0.05, 0) is 33.1 Å². The number of carbonyl (C=O) groups excluding carboxylic acids is 2. The Labute approximate surface area is 221 Å². The molecule has 2 aliphatic heterocycles. The largest absolute Gasteiger partial charge is 0.463 e. The molecule has 208 valence electrons. The predicted molar refractivity (Wildman–Crippen MR) is 135 cm³/mol. The number of hydrogen-bond donors (Lipinski definition) is 1. The van der Waals surface area contributed by atoms with E-state index in [1.807, 2.05) is 32.3 Å². The lowest BCUT2D eigenvalue weighted by atomic mass is 10.1. The van der Waals surface area contributed by atoms with Gasteiger partial charge in [-0.3, -0.25) is 14.2 Å². The second kappa shape index (κ2) is 10.4. The summed E-state index contributed by atoms with van der Waals surface area (Å²) in [4.78, 5) is 28.9. The van der Waals surface area contributed by atoms with E-state index in [-0.39, 0.29) is 42.5 Å². The van der Waals surface area contributed by atoms with Gasteiger partial charge in [0.1, 0.15) is 36.5 Å². The zero-order valence-electron chi connectivity index (χ0n) is 22.7. The van der Waals surface area contributed by atoms with Gasteiger partial charge in [-0.1, -0.05) is 27.7 Å². The van der Waals surface area contributed by atoms with Crippen LogP contribution in [0.2, 0.25) is 0 Å². The van der Waals surface area contributed by atoms with Crippen LogP contribution in [0.4, 0.5) is 5.82 Å². The molecule has 4 heterocycles. The normalized spacial score (nSPS) is 30.2. The monoisotopic (exact) mass is 531 g/mol. The summed E-state index contributed by atoms with van der Waals surface area (Å²) in [6.07, 6.45) is 3.71. The minimum Gasteiger partial charge on any atom is -0.463 e. The quantitative estimate of drug-likeness (QED) is 0.504. The number of carbonyl (C=O) groups is 2.